The predicted octanol–water partition coefficient (Wildman–Crippen LogP) is 3.99. The van der Waals surface area contributed by atoms with Gasteiger partial charge in [0.15, 0.2) is 6.61 Å². The molecule has 6 nitrogen and oxygen atoms in total. The minimum atomic E-state index is -0.476. The van der Waals surface area contributed by atoms with Crippen LogP contribution in [0.5, 0.6) is 5.75 Å². The van der Waals surface area contributed by atoms with Crippen LogP contribution >= 0.6 is 15.9 Å². The molecule has 0 fully saturated rings. The number of anilines is 1. The number of hydrogen-bond donors (Lipinski definition) is 1. The fourth-order valence-corrected chi connectivity index (χ4v) is 2.56. The van der Waals surface area contributed by atoms with Crippen LogP contribution in [-0.2, 0) is 4.79 Å². The average molecular weight is 379 g/mol. The molecule has 0 saturated heterocycles. The van der Waals surface area contributed by atoms with E-state index >= 15 is 0 Å². The molecule has 0 heterocycles. The SMILES string of the molecule is Cc1ccc(OCC(=O)Nc2ccc([N+](=O)[O-])cc2C)c(Br)c1. The van der Waals surface area contributed by atoms with Crippen LogP contribution in [-0.4, -0.2) is 17.4 Å². The average Bonchev–Trinajstić information content (AvgIpc) is 2.48. The highest BCUT2D eigenvalue weighted by Crippen LogP contribution is 2.26. The number of carbonyl (C=O) groups excluding carboxylic acids is 1. The fourth-order valence-electron chi connectivity index (χ4n) is 1.95. The number of hydrogen-bond acceptors (Lipinski definition) is 4. The Balaban J connectivity index is 1.98. The first-order valence-electron chi connectivity index (χ1n) is 6.80. The maximum absolute atomic E-state index is 11.9. The predicted molar refractivity (Wildman–Crippen MR) is 90.8 cm³/mol. The van der Waals surface area contributed by atoms with Gasteiger partial charge in [0.2, 0.25) is 0 Å². The quantitative estimate of drug-likeness (QED) is 0.629. The Morgan fingerprint density at radius 1 is 1.26 bits per heavy atom. The zero-order valence-corrected chi connectivity index (χ0v) is 14.2. The number of nitro benzene ring substituents is 1. The molecule has 120 valence electrons. The smallest absolute Gasteiger partial charge is 0.269 e. The largest absolute Gasteiger partial charge is 0.483 e. The van der Waals surface area contributed by atoms with Crippen molar-refractivity contribution in [3.63, 3.8) is 0 Å². The van der Waals surface area contributed by atoms with Crippen molar-refractivity contribution in [2.45, 2.75) is 13.8 Å². The molecule has 0 atom stereocenters. The zero-order chi connectivity index (χ0) is 17.0. The molecule has 2 aromatic carbocycles. The zero-order valence-electron chi connectivity index (χ0n) is 12.6. The molecule has 0 unspecified atom stereocenters. The van der Waals surface area contributed by atoms with Gasteiger partial charge < -0.3 is 10.1 Å². The van der Waals surface area contributed by atoms with Crippen LogP contribution in [0.3, 0.4) is 0 Å². The number of nitrogens with zero attached hydrogens (tertiary/aromatic N) is 1. The number of aryl methyl sites for hydroxylation is 2. The molecule has 23 heavy (non-hydrogen) atoms. The second kappa shape index (κ2) is 7.23. The number of halogens is 1. The minimum absolute atomic E-state index is 0.0136. The Kier molecular flexibility index (Phi) is 5.33. The van der Waals surface area contributed by atoms with Crippen LogP contribution in [0.15, 0.2) is 40.9 Å². The monoisotopic (exact) mass is 378 g/mol. The molecular weight excluding hydrogens is 364 g/mol. The summed E-state index contributed by atoms with van der Waals surface area (Å²) in [7, 11) is 0. The van der Waals surface area contributed by atoms with Gasteiger partial charge in [0, 0.05) is 17.8 Å². The maximum Gasteiger partial charge on any atom is 0.269 e. The second-order valence-electron chi connectivity index (χ2n) is 5.03. The van der Waals surface area contributed by atoms with E-state index in [1.165, 1.54) is 18.2 Å². The summed E-state index contributed by atoms with van der Waals surface area (Å²) in [5.74, 6) is 0.237. The fraction of sp³-hybridized carbons (Fsp3) is 0.188. The van der Waals surface area contributed by atoms with Crippen LogP contribution < -0.4 is 10.1 Å². The lowest BCUT2D eigenvalue weighted by Gasteiger charge is -2.10. The summed E-state index contributed by atoms with van der Waals surface area (Å²) in [5, 5.41) is 13.4. The number of carbonyl (C=O) groups is 1. The van der Waals surface area contributed by atoms with Gasteiger partial charge in [-0.3, -0.25) is 14.9 Å². The molecule has 0 aromatic heterocycles. The summed E-state index contributed by atoms with van der Waals surface area (Å²) < 4.78 is 6.24. The van der Waals surface area contributed by atoms with Gasteiger partial charge >= 0.3 is 0 Å². The number of amides is 1. The minimum Gasteiger partial charge on any atom is -0.483 e. The topological polar surface area (TPSA) is 81.5 Å². The van der Waals surface area contributed by atoms with Crippen molar-refractivity contribution in [1.82, 2.24) is 0 Å². The van der Waals surface area contributed by atoms with Gasteiger partial charge in [-0.05, 0) is 59.1 Å². The van der Waals surface area contributed by atoms with Gasteiger partial charge in [0.05, 0.1) is 9.40 Å². The van der Waals surface area contributed by atoms with Gasteiger partial charge in [-0.25, -0.2) is 0 Å². The van der Waals surface area contributed by atoms with Gasteiger partial charge in [-0.1, -0.05) is 6.07 Å². The first-order valence-corrected chi connectivity index (χ1v) is 7.60. The lowest BCUT2D eigenvalue weighted by Crippen LogP contribution is -2.20. The Bertz CT molecular complexity index is 762. The highest BCUT2D eigenvalue weighted by atomic mass is 79.9. The number of ether oxygens (including phenoxy) is 1. The Labute approximate surface area is 141 Å². The molecule has 0 radical (unpaired) electrons. The number of rotatable bonds is 5. The van der Waals surface area contributed by atoms with Crippen LogP contribution in [0, 0.1) is 24.0 Å². The third-order valence-electron chi connectivity index (χ3n) is 3.14. The third-order valence-corrected chi connectivity index (χ3v) is 3.76. The van der Waals surface area contributed by atoms with Crippen molar-refractivity contribution in [2.75, 3.05) is 11.9 Å². The molecule has 0 aliphatic carbocycles. The molecule has 2 aromatic rings. The van der Waals surface area contributed by atoms with Crippen molar-refractivity contribution in [1.29, 1.82) is 0 Å². The van der Waals surface area contributed by atoms with Crippen molar-refractivity contribution in [3.05, 3.63) is 62.1 Å². The highest BCUT2D eigenvalue weighted by molar-refractivity contribution is 9.10. The standard InChI is InChI=1S/C16H15BrN2O4/c1-10-3-6-15(13(17)7-10)23-9-16(20)18-14-5-4-12(19(21)22)8-11(14)2/h3-8H,9H2,1-2H3,(H,18,20). The first-order chi connectivity index (χ1) is 10.9. The molecular formula is C16H15BrN2O4. The summed E-state index contributed by atoms with van der Waals surface area (Å²) in [4.78, 5) is 22.2. The van der Waals surface area contributed by atoms with Crippen LogP contribution in [0.2, 0.25) is 0 Å². The number of nitro groups is 1. The molecule has 0 bridgehead atoms. The van der Waals surface area contributed by atoms with E-state index in [0.29, 0.717) is 17.0 Å². The van der Waals surface area contributed by atoms with Gasteiger partial charge in [-0.2, -0.15) is 0 Å². The third kappa shape index (κ3) is 4.53. The van der Waals surface area contributed by atoms with Gasteiger partial charge in [0.25, 0.3) is 11.6 Å². The molecule has 0 saturated carbocycles. The van der Waals surface area contributed by atoms with Crippen LogP contribution in [0.1, 0.15) is 11.1 Å². The second-order valence-corrected chi connectivity index (χ2v) is 5.88. The normalized spacial score (nSPS) is 10.2. The summed E-state index contributed by atoms with van der Waals surface area (Å²) >= 11 is 3.38. The number of nitrogens with one attached hydrogen (secondary N) is 1. The molecule has 0 spiro atoms. The maximum atomic E-state index is 11.9. The van der Waals surface area contributed by atoms with E-state index in [-0.39, 0.29) is 18.2 Å². The number of non-ortho nitro benzene ring substituents is 1. The van der Waals surface area contributed by atoms with Gasteiger partial charge in [-0.15, -0.1) is 0 Å². The Hall–Kier alpha value is -2.41. The highest BCUT2D eigenvalue weighted by Gasteiger charge is 2.11. The lowest BCUT2D eigenvalue weighted by atomic mass is 10.2. The molecule has 0 aliphatic heterocycles. The Morgan fingerprint density at radius 3 is 2.61 bits per heavy atom. The van der Waals surface area contributed by atoms with E-state index in [1.807, 2.05) is 19.1 Å². The van der Waals surface area contributed by atoms with E-state index < -0.39 is 4.92 Å². The Morgan fingerprint density at radius 2 is 2.00 bits per heavy atom. The van der Waals surface area contributed by atoms with E-state index in [0.717, 1.165) is 10.0 Å². The van der Waals surface area contributed by atoms with Crippen molar-refractivity contribution in [3.8, 4) is 5.75 Å². The molecule has 1 N–H and O–H groups in total. The molecule has 2 rings (SSSR count). The summed E-state index contributed by atoms with van der Waals surface area (Å²) in [6.45, 7) is 3.50. The first kappa shape index (κ1) is 17.0. The lowest BCUT2D eigenvalue weighted by molar-refractivity contribution is -0.384. The van der Waals surface area contributed by atoms with Crippen molar-refractivity contribution >= 4 is 33.2 Å². The number of benzene rings is 2. The van der Waals surface area contributed by atoms with E-state index in [9.17, 15) is 14.9 Å². The van der Waals surface area contributed by atoms with Gasteiger partial charge in [0.1, 0.15) is 5.75 Å². The van der Waals surface area contributed by atoms with Crippen LogP contribution in [0.4, 0.5) is 11.4 Å². The summed E-state index contributed by atoms with van der Waals surface area (Å²) in [5.41, 5.74) is 2.20. The summed E-state index contributed by atoms with van der Waals surface area (Å²) in [6, 6.07) is 9.83. The van der Waals surface area contributed by atoms with Crippen molar-refractivity contribution < 1.29 is 14.5 Å². The van der Waals surface area contributed by atoms with Crippen molar-refractivity contribution in [2.24, 2.45) is 0 Å². The summed E-state index contributed by atoms with van der Waals surface area (Å²) in [6.07, 6.45) is 0. The van der Waals surface area contributed by atoms with E-state index in [2.05, 4.69) is 21.2 Å². The van der Waals surface area contributed by atoms with Crippen LogP contribution in [0.25, 0.3) is 0 Å². The van der Waals surface area contributed by atoms with E-state index in [1.54, 1.807) is 13.0 Å². The molecule has 1 amide bonds. The molecule has 0 aliphatic rings. The van der Waals surface area contributed by atoms with E-state index in [4.69, 9.17) is 4.74 Å². The molecule has 7 heteroatoms.